The van der Waals surface area contributed by atoms with Gasteiger partial charge in [-0.05, 0) is 30.3 Å². The van der Waals surface area contributed by atoms with Crippen LogP contribution in [0.4, 0.5) is 36.4 Å². The number of fused-ring (bicyclic) bond motifs is 1. The average Bonchev–Trinajstić information content (AvgIpc) is 3.20. The standard InChI is InChI=1S/C20H18F3N7O3S/c1-30(18-15-4-3-11(20(21,22)23)7-16(15)28-29-18)17-5-6-25-19(27-17)26-12-8-13(33-2)10-14(9-12)34(24,31)32/h3-10H,1-2H3,(H,28,29)(H2,24,31,32)(H,25,26,27). The second-order valence-electron chi connectivity index (χ2n) is 7.17. The predicted octanol–water partition coefficient (Wildman–Crippen LogP) is 3.54. The van der Waals surface area contributed by atoms with E-state index in [-0.39, 0.29) is 22.1 Å². The molecule has 0 saturated heterocycles. The van der Waals surface area contributed by atoms with Crippen molar-refractivity contribution in [2.45, 2.75) is 11.1 Å². The number of ether oxygens (including phenoxy) is 1. The van der Waals surface area contributed by atoms with Crippen LogP contribution in [0.2, 0.25) is 0 Å². The van der Waals surface area contributed by atoms with Crippen LogP contribution in [0, 0.1) is 0 Å². The highest BCUT2D eigenvalue weighted by molar-refractivity contribution is 7.89. The number of aromatic amines is 1. The van der Waals surface area contributed by atoms with E-state index in [1.165, 1.54) is 37.6 Å². The maximum Gasteiger partial charge on any atom is 0.416 e. The molecule has 0 spiro atoms. The van der Waals surface area contributed by atoms with Gasteiger partial charge in [-0.25, -0.2) is 18.5 Å². The van der Waals surface area contributed by atoms with E-state index in [0.717, 1.165) is 12.1 Å². The van der Waals surface area contributed by atoms with Crippen LogP contribution >= 0.6 is 0 Å². The fourth-order valence-corrected chi connectivity index (χ4v) is 3.77. The summed E-state index contributed by atoms with van der Waals surface area (Å²) in [6.45, 7) is 0. The third kappa shape index (κ3) is 4.72. The molecular weight excluding hydrogens is 475 g/mol. The first kappa shape index (κ1) is 23.3. The lowest BCUT2D eigenvalue weighted by Crippen LogP contribution is -2.14. The molecule has 0 radical (unpaired) electrons. The van der Waals surface area contributed by atoms with Gasteiger partial charge in [0.25, 0.3) is 0 Å². The Morgan fingerprint density at radius 3 is 2.59 bits per heavy atom. The van der Waals surface area contributed by atoms with Crippen LogP contribution in [0.1, 0.15) is 5.56 Å². The molecule has 0 amide bonds. The Kier molecular flexibility index (Phi) is 5.79. The lowest BCUT2D eigenvalue weighted by Gasteiger charge is -2.17. The number of hydrogen-bond acceptors (Lipinski definition) is 8. The Morgan fingerprint density at radius 1 is 1.15 bits per heavy atom. The highest BCUT2D eigenvalue weighted by atomic mass is 32.2. The second-order valence-corrected chi connectivity index (χ2v) is 8.73. The van der Waals surface area contributed by atoms with Gasteiger partial charge in [0, 0.05) is 36.5 Å². The summed E-state index contributed by atoms with van der Waals surface area (Å²) in [7, 11) is -0.964. The number of methoxy groups -OCH3 is 1. The van der Waals surface area contributed by atoms with Gasteiger partial charge in [-0.15, -0.1) is 0 Å². The van der Waals surface area contributed by atoms with Crippen molar-refractivity contribution in [1.29, 1.82) is 0 Å². The van der Waals surface area contributed by atoms with E-state index in [4.69, 9.17) is 9.88 Å². The Balaban J connectivity index is 1.65. The zero-order chi connectivity index (χ0) is 24.7. The first-order chi connectivity index (χ1) is 16.0. The number of rotatable bonds is 6. The van der Waals surface area contributed by atoms with E-state index in [1.54, 1.807) is 18.0 Å². The van der Waals surface area contributed by atoms with E-state index in [9.17, 15) is 21.6 Å². The fraction of sp³-hybridized carbons (Fsp3) is 0.150. The first-order valence-corrected chi connectivity index (χ1v) is 11.1. The van der Waals surface area contributed by atoms with Gasteiger partial charge < -0.3 is 15.0 Å². The van der Waals surface area contributed by atoms with E-state index in [1.807, 2.05) is 0 Å². The van der Waals surface area contributed by atoms with E-state index in [0.29, 0.717) is 22.7 Å². The van der Waals surface area contributed by atoms with Crippen molar-refractivity contribution in [2.24, 2.45) is 5.14 Å². The van der Waals surface area contributed by atoms with Crippen molar-refractivity contribution in [2.75, 3.05) is 24.4 Å². The number of nitrogens with zero attached hydrogens (tertiary/aromatic N) is 4. The van der Waals surface area contributed by atoms with Gasteiger partial charge in [0.1, 0.15) is 11.6 Å². The summed E-state index contributed by atoms with van der Waals surface area (Å²) < 4.78 is 67.6. The third-order valence-corrected chi connectivity index (χ3v) is 5.77. The molecule has 34 heavy (non-hydrogen) atoms. The highest BCUT2D eigenvalue weighted by Crippen LogP contribution is 2.34. The number of nitrogens with one attached hydrogen (secondary N) is 2. The minimum absolute atomic E-state index is 0.122. The molecule has 0 aliphatic carbocycles. The van der Waals surface area contributed by atoms with Crippen molar-refractivity contribution in [3.63, 3.8) is 0 Å². The number of sulfonamides is 1. The number of hydrogen-bond donors (Lipinski definition) is 3. The van der Waals surface area contributed by atoms with Crippen molar-refractivity contribution < 1.29 is 26.3 Å². The molecule has 2 aromatic carbocycles. The topological polar surface area (TPSA) is 139 Å². The monoisotopic (exact) mass is 493 g/mol. The van der Waals surface area contributed by atoms with Gasteiger partial charge in [0.2, 0.25) is 16.0 Å². The SMILES string of the molecule is COc1cc(Nc2nccc(N(C)c3n[nH]c4cc(C(F)(F)F)ccc34)n2)cc(S(N)(=O)=O)c1. The summed E-state index contributed by atoms with van der Waals surface area (Å²) in [4.78, 5) is 9.91. The molecule has 0 atom stereocenters. The first-order valence-electron chi connectivity index (χ1n) is 9.57. The Hall–Kier alpha value is -3.91. The third-order valence-electron chi connectivity index (χ3n) is 4.87. The summed E-state index contributed by atoms with van der Waals surface area (Å²) in [5.74, 6) is 1.10. The summed E-state index contributed by atoms with van der Waals surface area (Å²) in [6, 6.07) is 8.99. The second kappa shape index (κ2) is 8.46. The lowest BCUT2D eigenvalue weighted by atomic mass is 10.1. The number of halogens is 3. The largest absolute Gasteiger partial charge is 0.497 e. The van der Waals surface area contributed by atoms with Crippen LogP contribution in [-0.4, -0.2) is 42.7 Å². The Morgan fingerprint density at radius 2 is 1.91 bits per heavy atom. The molecule has 2 heterocycles. The smallest absolute Gasteiger partial charge is 0.416 e. The molecule has 178 valence electrons. The fourth-order valence-electron chi connectivity index (χ4n) is 3.20. The molecule has 14 heteroatoms. The number of alkyl halides is 3. The van der Waals surface area contributed by atoms with Crippen molar-refractivity contribution in [1.82, 2.24) is 20.2 Å². The van der Waals surface area contributed by atoms with Crippen LogP contribution in [0.15, 0.2) is 53.6 Å². The maximum absolute atomic E-state index is 13.0. The lowest BCUT2D eigenvalue weighted by molar-refractivity contribution is -0.137. The average molecular weight is 493 g/mol. The highest BCUT2D eigenvalue weighted by Gasteiger charge is 2.31. The summed E-state index contributed by atoms with van der Waals surface area (Å²) in [5, 5.41) is 15.3. The van der Waals surface area contributed by atoms with Crippen molar-refractivity contribution in [3.8, 4) is 5.75 Å². The summed E-state index contributed by atoms with van der Waals surface area (Å²) in [5.41, 5.74) is -0.257. The number of anilines is 4. The minimum atomic E-state index is -4.47. The number of nitrogens with two attached hydrogens (primary N) is 1. The molecule has 0 bridgehead atoms. The van der Waals surface area contributed by atoms with Gasteiger partial charge in [-0.2, -0.15) is 23.3 Å². The van der Waals surface area contributed by atoms with Crippen LogP contribution < -0.4 is 20.1 Å². The van der Waals surface area contributed by atoms with Gasteiger partial charge in [-0.3, -0.25) is 5.10 Å². The van der Waals surface area contributed by atoms with Crippen molar-refractivity contribution >= 4 is 44.2 Å². The molecule has 4 rings (SSSR count). The molecule has 0 saturated carbocycles. The van der Waals surface area contributed by atoms with Crippen LogP contribution in [-0.2, 0) is 16.2 Å². The zero-order valence-electron chi connectivity index (χ0n) is 17.8. The van der Waals surface area contributed by atoms with E-state index >= 15 is 0 Å². The van der Waals surface area contributed by atoms with Gasteiger partial charge in [0.15, 0.2) is 5.82 Å². The quantitative estimate of drug-likeness (QED) is 0.371. The minimum Gasteiger partial charge on any atom is -0.497 e. The summed E-state index contributed by atoms with van der Waals surface area (Å²) in [6.07, 6.45) is -3.01. The normalized spacial score (nSPS) is 12.1. The van der Waals surface area contributed by atoms with Crippen LogP contribution in [0.25, 0.3) is 10.9 Å². The Bertz CT molecular complexity index is 1470. The molecular formula is C20H18F3N7O3S. The van der Waals surface area contributed by atoms with E-state index < -0.39 is 21.8 Å². The van der Waals surface area contributed by atoms with Crippen LogP contribution in [0.5, 0.6) is 5.75 Å². The maximum atomic E-state index is 13.0. The van der Waals surface area contributed by atoms with Crippen LogP contribution in [0.3, 0.4) is 0 Å². The zero-order valence-corrected chi connectivity index (χ0v) is 18.6. The molecule has 0 fully saturated rings. The molecule has 0 unspecified atom stereocenters. The molecule has 10 nitrogen and oxygen atoms in total. The molecule has 2 aromatic heterocycles. The summed E-state index contributed by atoms with van der Waals surface area (Å²) >= 11 is 0. The molecule has 0 aliphatic heterocycles. The van der Waals surface area contributed by atoms with E-state index in [2.05, 4.69) is 25.5 Å². The number of H-pyrrole nitrogens is 1. The molecule has 0 aliphatic rings. The Labute approximate surface area is 191 Å². The van der Waals surface area contributed by atoms with Gasteiger partial charge in [0.05, 0.1) is 23.1 Å². The predicted molar refractivity (Wildman–Crippen MR) is 119 cm³/mol. The molecule has 4 aromatic rings. The van der Waals surface area contributed by atoms with Gasteiger partial charge >= 0.3 is 6.18 Å². The number of aromatic nitrogens is 4. The number of benzene rings is 2. The van der Waals surface area contributed by atoms with Crippen molar-refractivity contribution in [3.05, 3.63) is 54.2 Å². The number of primary sulfonamides is 1. The molecule has 4 N–H and O–H groups in total. The van der Waals surface area contributed by atoms with Gasteiger partial charge in [-0.1, -0.05) is 0 Å².